The van der Waals surface area contributed by atoms with Crippen LogP contribution in [0.2, 0.25) is 0 Å². The fourth-order valence-corrected chi connectivity index (χ4v) is 3.04. The van der Waals surface area contributed by atoms with E-state index in [0.29, 0.717) is 12.2 Å². The highest BCUT2D eigenvalue weighted by molar-refractivity contribution is 5.79. The summed E-state index contributed by atoms with van der Waals surface area (Å²) in [4.78, 5) is 11.5. The molecule has 136 valence electrons. The van der Waals surface area contributed by atoms with E-state index in [1.807, 2.05) is 19.1 Å². The van der Waals surface area contributed by atoms with Gasteiger partial charge in [-0.2, -0.15) is 0 Å². The first-order valence-corrected chi connectivity index (χ1v) is 10.4. The minimum atomic E-state index is 0.401. The molecular formula is C22H42O. The summed E-state index contributed by atoms with van der Waals surface area (Å²) < 4.78 is 0. The molecule has 0 bridgehead atoms. The van der Waals surface area contributed by atoms with Crippen LogP contribution in [0.1, 0.15) is 123 Å². The molecule has 0 aliphatic heterocycles. The fourth-order valence-electron chi connectivity index (χ4n) is 3.04. The van der Waals surface area contributed by atoms with E-state index in [2.05, 4.69) is 6.92 Å². The molecule has 0 aliphatic rings. The minimum absolute atomic E-state index is 0.401. The second kappa shape index (κ2) is 19.5. The lowest BCUT2D eigenvalue weighted by atomic mass is 10.0. The molecule has 0 aromatic rings. The summed E-state index contributed by atoms with van der Waals surface area (Å²) in [6, 6.07) is 0. The van der Waals surface area contributed by atoms with E-state index in [-0.39, 0.29) is 0 Å². The molecule has 0 amide bonds. The van der Waals surface area contributed by atoms with Gasteiger partial charge < -0.3 is 0 Å². The molecule has 0 N–H and O–H groups in total. The SMILES string of the molecule is CC=CCC(=O)CCCCCCCCCCCCCCCCC. The molecule has 0 atom stereocenters. The number of ketones is 1. The summed E-state index contributed by atoms with van der Waals surface area (Å²) in [5.74, 6) is 0.401. The fraction of sp³-hybridized carbons (Fsp3) is 0.864. The third-order valence-corrected chi connectivity index (χ3v) is 4.64. The van der Waals surface area contributed by atoms with Gasteiger partial charge in [-0.05, 0) is 13.3 Å². The van der Waals surface area contributed by atoms with Crippen LogP contribution < -0.4 is 0 Å². The van der Waals surface area contributed by atoms with E-state index in [0.717, 1.165) is 12.8 Å². The zero-order valence-electron chi connectivity index (χ0n) is 16.1. The summed E-state index contributed by atoms with van der Waals surface area (Å²) in [6.07, 6.45) is 26.0. The predicted molar refractivity (Wildman–Crippen MR) is 104 cm³/mol. The third kappa shape index (κ3) is 19.4. The van der Waals surface area contributed by atoms with Gasteiger partial charge in [-0.25, -0.2) is 0 Å². The summed E-state index contributed by atoms with van der Waals surface area (Å²) in [7, 11) is 0. The van der Waals surface area contributed by atoms with Gasteiger partial charge in [0.15, 0.2) is 0 Å². The standard InChI is InChI=1S/C22H42O/c1-3-5-7-8-9-10-11-12-13-14-15-16-17-18-19-21-22(23)20-6-4-2/h4,6H,3,5,7-21H2,1-2H3. The Labute approximate surface area is 146 Å². The Hall–Kier alpha value is -0.590. The Kier molecular flexibility index (Phi) is 19.0. The van der Waals surface area contributed by atoms with Crippen LogP contribution in [0.15, 0.2) is 12.2 Å². The number of carbonyl (C=O) groups is 1. The number of rotatable bonds is 18. The van der Waals surface area contributed by atoms with Crippen molar-refractivity contribution in [2.45, 2.75) is 123 Å². The Morgan fingerprint density at radius 3 is 1.43 bits per heavy atom. The van der Waals surface area contributed by atoms with Gasteiger partial charge in [0.2, 0.25) is 0 Å². The average Bonchev–Trinajstić information content (AvgIpc) is 2.56. The molecule has 0 rings (SSSR count). The lowest BCUT2D eigenvalue weighted by Crippen LogP contribution is -1.95. The first-order valence-electron chi connectivity index (χ1n) is 10.4. The largest absolute Gasteiger partial charge is 0.299 e. The van der Waals surface area contributed by atoms with Crippen molar-refractivity contribution in [2.24, 2.45) is 0 Å². The molecule has 0 aromatic carbocycles. The monoisotopic (exact) mass is 322 g/mol. The topological polar surface area (TPSA) is 17.1 Å². The van der Waals surface area contributed by atoms with Crippen molar-refractivity contribution in [3.05, 3.63) is 12.2 Å². The number of hydrogen-bond donors (Lipinski definition) is 0. The first-order chi connectivity index (χ1) is 11.3. The molecule has 1 heteroatoms. The molecular weight excluding hydrogens is 280 g/mol. The summed E-state index contributed by atoms with van der Waals surface area (Å²) >= 11 is 0. The van der Waals surface area contributed by atoms with E-state index in [1.165, 1.54) is 89.9 Å². The smallest absolute Gasteiger partial charge is 0.136 e. The van der Waals surface area contributed by atoms with Crippen LogP contribution in [-0.4, -0.2) is 5.78 Å². The zero-order chi connectivity index (χ0) is 17.0. The molecule has 1 nitrogen and oxygen atoms in total. The van der Waals surface area contributed by atoms with Gasteiger partial charge in [-0.1, -0.05) is 109 Å². The van der Waals surface area contributed by atoms with E-state index >= 15 is 0 Å². The van der Waals surface area contributed by atoms with E-state index in [4.69, 9.17) is 0 Å². The number of unbranched alkanes of at least 4 members (excludes halogenated alkanes) is 14. The number of Topliss-reactive ketones (excluding diaryl/α,β-unsaturated/α-hetero) is 1. The molecule has 0 radical (unpaired) electrons. The van der Waals surface area contributed by atoms with Crippen molar-refractivity contribution in [3.63, 3.8) is 0 Å². The van der Waals surface area contributed by atoms with Gasteiger partial charge in [-0.15, -0.1) is 0 Å². The van der Waals surface area contributed by atoms with E-state index < -0.39 is 0 Å². The molecule has 0 aromatic heterocycles. The van der Waals surface area contributed by atoms with Gasteiger partial charge in [0.1, 0.15) is 5.78 Å². The molecule has 0 saturated heterocycles. The average molecular weight is 323 g/mol. The van der Waals surface area contributed by atoms with Crippen LogP contribution in [0.25, 0.3) is 0 Å². The second-order valence-electron chi connectivity index (χ2n) is 7.01. The van der Waals surface area contributed by atoms with Crippen LogP contribution in [-0.2, 0) is 4.79 Å². The molecule has 0 fully saturated rings. The number of hydrogen-bond acceptors (Lipinski definition) is 1. The van der Waals surface area contributed by atoms with Crippen molar-refractivity contribution < 1.29 is 4.79 Å². The molecule has 23 heavy (non-hydrogen) atoms. The number of carbonyl (C=O) groups excluding carboxylic acids is 1. The normalized spacial score (nSPS) is 11.4. The van der Waals surface area contributed by atoms with Gasteiger partial charge in [0, 0.05) is 12.8 Å². The van der Waals surface area contributed by atoms with Crippen molar-refractivity contribution in [3.8, 4) is 0 Å². The summed E-state index contributed by atoms with van der Waals surface area (Å²) in [6.45, 7) is 4.26. The lowest BCUT2D eigenvalue weighted by Gasteiger charge is -2.03. The minimum Gasteiger partial charge on any atom is -0.299 e. The highest BCUT2D eigenvalue weighted by Crippen LogP contribution is 2.13. The van der Waals surface area contributed by atoms with Gasteiger partial charge in [-0.3, -0.25) is 4.79 Å². The quantitative estimate of drug-likeness (QED) is 0.186. The van der Waals surface area contributed by atoms with Gasteiger partial charge in [0.25, 0.3) is 0 Å². The van der Waals surface area contributed by atoms with Crippen molar-refractivity contribution in [1.29, 1.82) is 0 Å². The molecule has 0 heterocycles. The Morgan fingerprint density at radius 1 is 0.652 bits per heavy atom. The van der Waals surface area contributed by atoms with E-state index in [1.54, 1.807) is 0 Å². The predicted octanol–water partition coefficient (Wildman–Crippen LogP) is 7.78. The van der Waals surface area contributed by atoms with Crippen molar-refractivity contribution in [2.75, 3.05) is 0 Å². The van der Waals surface area contributed by atoms with Gasteiger partial charge >= 0.3 is 0 Å². The van der Waals surface area contributed by atoms with Crippen LogP contribution in [0.5, 0.6) is 0 Å². The zero-order valence-corrected chi connectivity index (χ0v) is 16.1. The Bertz CT molecular complexity index is 267. The highest BCUT2D eigenvalue weighted by atomic mass is 16.1. The van der Waals surface area contributed by atoms with Crippen LogP contribution >= 0.6 is 0 Å². The lowest BCUT2D eigenvalue weighted by molar-refractivity contribution is -0.118. The molecule has 0 aliphatic carbocycles. The molecule has 0 spiro atoms. The maximum absolute atomic E-state index is 11.5. The van der Waals surface area contributed by atoms with Gasteiger partial charge in [0.05, 0.1) is 0 Å². The summed E-state index contributed by atoms with van der Waals surface area (Å²) in [5.41, 5.74) is 0. The molecule has 0 saturated carbocycles. The van der Waals surface area contributed by atoms with Crippen LogP contribution in [0, 0.1) is 0 Å². The summed E-state index contributed by atoms with van der Waals surface area (Å²) in [5, 5.41) is 0. The molecule has 0 unspecified atom stereocenters. The Balaban J connectivity index is 3.06. The van der Waals surface area contributed by atoms with E-state index in [9.17, 15) is 4.79 Å². The number of allylic oxidation sites excluding steroid dienone is 2. The second-order valence-corrected chi connectivity index (χ2v) is 7.01. The van der Waals surface area contributed by atoms with Crippen LogP contribution in [0.3, 0.4) is 0 Å². The van der Waals surface area contributed by atoms with Crippen molar-refractivity contribution in [1.82, 2.24) is 0 Å². The van der Waals surface area contributed by atoms with Crippen molar-refractivity contribution >= 4 is 5.78 Å². The third-order valence-electron chi connectivity index (χ3n) is 4.64. The maximum atomic E-state index is 11.5. The first kappa shape index (κ1) is 22.4. The van der Waals surface area contributed by atoms with Crippen LogP contribution in [0.4, 0.5) is 0 Å². The highest BCUT2D eigenvalue weighted by Gasteiger charge is 1.99. The maximum Gasteiger partial charge on any atom is 0.136 e. The Morgan fingerprint density at radius 2 is 1.04 bits per heavy atom.